The van der Waals surface area contributed by atoms with Gasteiger partial charge in [0.25, 0.3) is 0 Å². The van der Waals surface area contributed by atoms with Crippen LogP contribution in [0.2, 0.25) is 0 Å². The van der Waals surface area contributed by atoms with Crippen LogP contribution in [0.1, 0.15) is 53.4 Å². The van der Waals surface area contributed by atoms with Crippen LogP contribution >= 0.6 is 0 Å². The zero-order chi connectivity index (χ0) is 16.9. The number of aliphatic hydroxyl groups excluding tert-OH is 3. The summed E-state index contributed by atoms with van der Waals surface area (Å²) in [5.41, 5.74) is 3.53. The van der Waals surface area contributed by atoms with Gasteiger partial charge >= 0.3 is 0 Å². The summed E-state index contributed by atoms with van der Waals surface area (Å²) in [6.45, 7) is 8.81. The van der Waals surface area contributed by atoms with Crippen LogP contribution in [0.3, 0.4) is 0 Å². The summed E-state index contributed by atoms with van der Waals surface area (Å²) in [4.78, 5) is 0. The lowest BCUT2D eigenvalue weighted by Crippen LogP contribution is -2.42. The standard InChI is InChI=1S/C20H32O3/c1-11(2)14-7-8-20(4)9-16-13(10-21)5-6-15(16)12(3)18(22)19(23)17(14)20/h9,11-13,15,18-19,21-23H,5-8,10H2,1-4H3/b16-9-/t12-,13-,15?,18-,19-,20-/m1/s1. The average Bonchev–Trinajstić information content (AvgIpc) is 3.05. The molecule has 0 saturated heterocycles. The van der Waals surface area contributed by atoms with E-state index in [1.807, 2.05) is 0 Å². The molecule has 23 heavy (non-hydrogen) atoms. The molecule has 1 unspecified atom stereocenters. The minimum absolute atomic E-state index is 0.0267. The first-order chi connectivity index (χ1) is 10.8. The molecule has 3 aliphatic rings. The predicted octanol–water partition coefficient (Wildman–Crippen LogP) is 3.06. The third-order valence-electron chi connectivity index (χ3n) is 6.80. The lowest BCUT2D eigenvalue weighted by atomic mass is 9.69. The summed E-state index contributed by atoms with van der Waals surface area (Å²) >= 11 is 0. The summed E-state index contributed by atoms with van der Waals surface area (Å²) in [6, 6.07) is 0. The number of hydrogen-bond acceptors (Lipinski definition) is 3. The van der Waals surface area contributed by atoms with Crippen molar-refractivity contribution in [1.82, 2.24) is 0 Å². The smallest absolute Gasteiger partial charge is 0.102 e. The Morgan fingerprint density at radius 3 is 2.57 bits per heavy atom. The summed E-state index contributed by atoms with van der Waals surface area (Å²) in [5.74, 6) is 0.943. The van der Waals surface area contributed by atoms with Gasteiger partial charge in [0.1, 0.15) is 6.10 Å². The first kappa shape index (κ1) is 17.2. The Labute approximate surface area is 140 Å². The third kappa shape index (κ3) is 2.61. The summed E-state index contributed by atoms with van der Waals surface area (Å²) < 4.78 is 0. The molecule has 3 N–H and O–H groups in total. The quantitative estimate of drug-likeness (QED) is 0.685. The van der Waals surface area contributed by atoms with E-state index in [0.717, 1.165) is 31.3 Å². The highest BCUT2D eigenvalue weighted by Crippen LogP contribution is 2.54. The van der Waals surface area contributed by atoms with Crippen LogP contribution < -0.4 is 0 Å². The van der Waals surface area contributed by atoms with Crippen molar-refractivity contribution in [1.29, 1.82) is 0 Å². The van der Waals surface area contributed by atoms with E-state index in [1.54, 1.807) is 0 Å². The van der Waals surface area contributed by atoms with E-state index in [1.165, 1.54) is 11.1 Å². The fourth-order valence-corrected chi connectivity index (χ4v) is 5.38. The highest BCUT2D eigenvalue weighted by molar-refractivity contribution is 5.40. The van der Waals surface area contributed by atoms with Crippen LogP contribution in [-0.2, 0) is 0 Å². The van der Waals surface area contributed by atoms with Gasteiger partial charge in [-0.3, -0.25) is 0 Å². The zero-order valence-electron chi connectivity index (χ0n) is 14.9. The van der Waals surface area contributed by atoms with Gasteiger partial charge in [-0.1, -0.05) is 44.9 Å². The summed E-state index contributed by atoms with van der Waals surface area (Å²) in [7, 11) is 0. The van der Waals surface area contributed by atoms with Crippen molar-refractivity contribution >= 4 is 0 Å². The van der Waals surface area contributed by atoms with Crippen molar-refractivity contribution in [2.45, 2.75) is 65.6 Å². The van der Waals surface area contributed by atoms with Gasteiger partial charge in [-0.25, -0.2) is 0 Å². The fourth-order valence-electron chi connectivity index (χ4n) is 5.38. The van der Waals surface area contributed by atoms with Crippen LogP contribution in [-0.4, -0.2) is 34.1 Å². The van der Waals surface area contributed by atoms with Gasteiger partial charge in [-0.15, -0.1) is 0 Å². The second-order valence-corrected chi connectivity index (χ2v) is 8.51. The molecule has 3 rings (SSSR count). The maximum atomic E-state index is 11.0. The highest BCUT2D eigenvalue weighted by Gasteiger charge is 2.48. The van der Waals surface area contributed by atoms with E-state index in [0.29, 0.717) is 11.8 Å². The van der Waals surface area contributed by atoms with E-state index < -0.39 is 12.2 Å². The average molecular weight is 320 g/mol. The van der Waals surface area contributed by atoms with Crippen molar-refractivity contribution < 1.29 is 15.3 Å². The first-order valence-electron chi connectivity index (χ1n) is 9.23. The van der Waals surface area contributed by atoms with Gasteiger partial charge in [-0.2, -0.15) is 0 Å². The molecular weight excluding hydrogens is 288 g/mol. The number of rotatable bonds is 2. The Balaban J connectivity index is 2.16. The summed E-state index contributed by atoms with van der Waals surface area (Å²) in [5, 5.41) is 31.6. The monoisotopic (exact) mass is 320 g/mol. The Hall–Kier alpha value is -0.640. The van der Waals surface area contributed by atoms with Crippen LogP contribution in [0.4, 0.5) is 0 Å². The van der Waals surface area contributed by atoms with Crippen molar-refractivity contribution in [2.75, 3.05) is 6.61 Å². The van der Waals surface area contributed by atoms with Gasteiger partial charge < -0.3 is 15.3 Å². The normalized spacial score (nSPS) is 46.3. The lowest BCUT2D eigenvalue weighted by Gasteiger charge is -2.40. The topological polar surface area (TPSA) is 60.7 Å². The van der Waals surface area contributed by atoms with Gasteiger partial charge in [-0.05, 0) is 49.0 Å². The fraction of sp³-hybridized carbons (Fsp3) is 0.800. The molecule has 0 aromatic carbocycles. The van der Waals surface area contributed by atoms with Gasteiger partial charge in [0, 0.05) is 17.9 Å². The Kier molecular flexibility index (Phi) is 4.50. The van der Waals surface area contributed by atoms with Crippen molar-refractivity contribution in [3.8, 4) is 0 Å². The molecule has 0 aromatic rings. The molecule has 3 aliphatic carbocycles. The molecule has 0 radical (unpaired) electrons. The van der Waals surface area contributed by atoms with E-state index in [9.17, 15) is 15.3 Å². The van der Waals surface area contributed by atoms with Crippen molar-refractivity contribution in [2.24, 2.45) is 29.1 Å². The van der Waals surface area contributed by atoms with E-state index >= 15 is 0 Å². The van der Waals surface area contributed by atoms with Crippen molar-refractivity contribution in [3.63, 3.8) is 0 Å². The number of aliphatic hydroxyl groups is 3. The Morgan fingerprint density at radius 1 is 1.26 bits per heavy atom. The number of allylic oxidation sites excluding steroid dienone is 2. The maximum absolute atomic E-state index is 11.0. The molecule has 0 heterocycles. The Bertz CT molecular complexity index is 533. The number of hydrogen-bond donors (Lipinski definition) is 3. The van der Waals surface area contributed by atoms with Crippen molar-refractivity contribution in [3.05, 3.63) is 22.8 Å². The molecule has 0 aromatic heterocycles. The molecule has 0 amide bonds. The molecular formula is C20H32O3. The highest BCUT2D eigenvalue weighted by atomic mass is 16.3. The molecule has 130 valence electrons. The van der Waals surface area contributed by atoms with Gasteiger partial charge in [0.15, 0.2) is 0 Å². The molecule has 0 aliphatic heterocycles. The summed E-state index contributed by atoms with van der Waals surface area (Å²) in [6.07, 6.45) is 4.88. The largest absolute Gasteiger partial charge is 0.396 e. The molecule has 0 spiro atoms. The molecule has 6 atom stereocenters. The zero-order valence-corrected chi connectivity index (χ0v) is 14.9. The first-order valence-corrected chi connectivity index (χ1v) is 9.23. The molecule has 1 fully saturated rings. The molecule has 3 heteroatoms. The predicted molar refractivity (Wildman–Crippen MR) is 91.8 cm³/mol. The SMILES string of the molecule is CC(C)C1=C2[C@@H](O)[C@H](O)[C@H](C)C3CC[C@H](CO)/C3=C/[C@@]2(C)CC1. The van der Waals surface area contributed by atoms with Crippen LogP contribution in [0.15, 0.2) is 22.8 Å². The van der Waals surface area contributed by atoms with Gasteiger partial charge in [0.2, 0.25) is 0 Å². The molecule has 3 nitrogen and oxygen atoms in total. The van der Waals surface area contributed by atoms with E-state index in [-0.39, 0.29) is 23.9 Å². The molecule has 0 bridgehead atoms. The minimum atomic E-state index is -0.763. The maximum Gasteiger partial charge on any atom is 0.102 e. The second kappa shape index (κ2) is 6.02. The van der Waals surface area contributed by atoms with Crippen LogP contribution in [0.5, 0.6) is 0 Å². The van der Waals surface area contributed by atoms with Crippen LogP contribution in [0.25, 0.3) is 0 Å². The van der Waals surface area contributed by atoms with Gasteiger partial charge in [0.05, 0.1) is 6.10 Å². The van der Waals surface area contributed by atoms with E-state index in [2.05, 4.69) is 33.8 Å². The lowest BCUT2D eigenvalue weighted by molar-refractivity contribution is -0.0146. The second-order valence-electron chi connectivity index (χ2n) is 8.51. The minimum Gasteiger partial charge on any atom is -0.396 e. The molecule has 1 saturated carbocycles. The van der Waals surface area contributed by atoms with Crippen LogP contribution in [0, 0.1) is 29.1 Å². The third-order valence-corrected chi connectivity index (χ3v) is 6.80. The van der Waals surface area contributed by atoms with E-state index in [4.69, 9.17) is 0 Å². The number of fused-ring (bicyclic) bond motifs is 2. The Morgan fingerprint density at radius 2 is 1.96 bits per heavy atom.